The first-order valence-electron chi connectivity index (χ1n) is 9.05. The summed E-state index contributed by atoms with van der Waals surface area (Å²) < 4.78 is 0. The maximum absolute atomic E-state index is 10.3. The summed E-state index contributed by atoms with van der Waals surface area (Å²) in [7, 11) is 2.27. The van der Waals surface area contributed by atoms with E-state index in [0.29, 0.717) is 5.92 Å². The molecule has 0 aromatic heterocycles. The Morgan fingerprint density at radius 3 is 2.40 bits per heavy atom. The number of aliphatic hydroxyl groups excluding tert-OH is 1. The van der Waals surface area contributed by atoms with Crippen LogP contribution in [-0.2, 0) is 0 Å². The van der Waals surface area contributed by atoms with E-state index in [1.165, 1.54) is 64.3 Å². The Hall–Kier alpha value is -0.0800. The highest BCUT2D eigenvalue weighted by molar-refractivity contribution is 4.82. The molecule has 0 aliphatic heterocycles. The molecule has 1 N–H and O–H groups in total. The number of aliphatic hydroxyl groups is 1. The third-order valence-corrected chi connectivity index (χ3v) is 5.59. The Labute approximate surface area is 125 Å². The standard InChI is InChI=1S/C18H35NO/c1-3-7-15-10-11-18(20)17(12-15)14-19(2)13-16-8-5-4-6-9-16/h15-18,20H,3-14H2,1-2H3. The minimum atomic E-state index is -0.0445. The van der Waals surface area contributed by atoms with Crippen LogP contribution in [0.4, 0.5) is 0 Å². The van der Waals surface area contributed by atoms with Gasteiger partial charge in [0.05, 0.1) is 6.10 Å². The molecule has 3 atom stereocenters. The Morgan fingerprint density at radius 2 is 1.70 bits per heavy atom. The van der Waals surface area contributed by atoms with Gasteiger partial charge >= 0.3 is 0 Å². The van der Waals surface area contributed by atoms with E-state index in [9.17, 15) is 5.11 Å². The van der Waals surface area contributed by atoms with Gasteiger partial charge in [-0.3, -0.25) is 0 Å². The van der Waals surface area contributed by atoms with Crippen LogP contribution in [0, 0.1) is 17.8 Å². The van der Waals surface area contributed by atoms with E-state index in [1.54, 1.807) is 0 Å². The van der Waals surface area contributed by atoms with Crippen LogP contribution in [0.3, 0.4) is 0 Å². The zero-order valence-corrected chi connectivity index (χ0v) is 13.7. The van der Waals surface area contributed by atoms with Crippen molar-refractivity contribution >= 4 is 0 Å². The molecule has 0 amide bonds. The smallest absolute Gasteiger partial charge is 0.0580 e. The van der Waals surface area contributed by atoms with Crippen molar-refractivity contribution in [2.45, 2.75) is 77.2 Å². The molecule has 118 valence electrons. The van der Waals surface area contributed by atoms with E-state index in [2.05, 4.69) is 18.9 Å². The zero-order chi connectivity index (χ0) is 14.4. The van der Waals surface area contributed by atoms with Crippen molar-refractivity contribution in [3.8, 4) is 0 Å². The van der Waals surface area contributed by atoms with Gasteiger partial charge in [-0.1, -0.05) is 39.0 Å². The Bertz CT molecular complexity index is 262. The van der Waals surface area contributed by atoms with E-state index in [0.717, 1.165) is 24.8 Å². The lowest BCUT2D eigenvalue weighted by atomic mass is 9.77. The van der Waals surface area contributed by atoms with Gasteiger partial charge in [-0.15, -0.1) is 0 Å². The fourth-order valence-electron chi connectivity index (χ4n) is 4.50. The van der Waals surface area contributed by atoms with Crippen molar-refractivity contribution in [2.75, 3.05) is 20.1 Å². The molecular weight excluding hydrogens is 246 g/mol. The topological polar surface area (TPSA) is 23.5 Å². The van der Waals surface area contributed by atoms with Gasteiger partial charge in [0.15, 0.2) is 0 Å². The van der Waals surface area contributed by atoms with Crippen LogP contribution in [0.15, 0.2) is 0 Å². The summed E-state index contributed by atoms with van der Waals surface area (Å²) in [6.45, 7) is 4.65. The van der Waals surface area contributed by atoms with Crippen LogP contribution in [0.5, 0.6) is 0 Å². The van der Waals surface area contributed by atoms with Crippen LogP contribution in [-0.4, -0.2) is 36.2 Å². The molecule has 2 heteroatoms. The summed E-state index contributed by atoms with van der Waals surface area (Å²) >= 11 is 0. The molecule has 2 aliphatic carbocycles. The van der Waals surface area contributed by atoms with Gasteiger partial charge in [0.25, 0.3) is 0 Å². The maximum Gasteiger partial charge on any atom is 0.0580 e. The largest absolute Gasteiger partial charge is 0.393 e. The summed E-state index contributed by atoms with van der Waals surface area (Å²) in [5.41, 5.74) is 0. The molecule has 0 saturated heterocycles. The van der Waals surface area contributed by atoms with Crippen LogP contribution >= 0.6 is 0 Å². The first kappa shape index (κ1) is 16.3. The Balaban J connectivity index is 1.74. The van der Waals surface area contributed by atoms with Gasteiger partial charge < -0.3 is 10.0 Å². The highest BCUT2D eigenvalue weighted by atomic mass is 16.3. The average molecular weight is 281 g/mol. The number of hydrogen-bond acceptors (Lipinski definition) is 2. The van der Waals surface area contributed by atoms with Gasteiger partial charge in [-0.25, -0.2) is 0 Å². The van der Waals surface area contributed by atoms with Crippen molar-refractivity contribution in [2.24, 2.45) is 17.8 Å². The molecule has 20 heavy (non-hydrogen) atoms. The minimum absolute atomic E-state index is 0.0445. The molecule has 3 unspecified atom stereocenters. The molecular formula is C18H35NO. The first-order valence-corrected chi connectivity index (χ1v) is 9.05. The molecule has 0 aromatic carbocycles. The lowest BCUT2D eigenvalue weighted by Gasteiger charge is -2.36. The second-order valence-corrected chi connectivity index (χ2v) is 7.52. The third-order valence-electron chi connectivity index (χ3n) is 5.59. The van der Waals surface area contributed by atoms with Crippen molar-refractivity contribution in [1.29, 1.82) is 0 Å². The molecule has 0 bridgehead atoms. The molecule has 2 fully saturated rings. The van der Waals surface area contributed by atoms with Crippen molar-refractivity contribution in [3.05, 3.63) is 0 Å². The van der Waals surface area contributed by atoms with Crippen molar-refractivity contribution in [1.82, 2.24) is 4.90 Å². The lowest BCUT2D eigenvalue weighted by molar-refractivity contribution is 0.0268. The second kappa shape index (κ2) is 8.38. The van der Waals surface area contributed by atoms with Gasteiger partial charge in [0.2, 0.25) is 0 Å². The molecule has 0 heterocycles. The predicted octanol–water partition coefficient (Wildman–Crippen LogP) is 4.08. The van der Waals surface area contributed by atoms with E-state index in [4.69, 9.17) is 0 Å². The maximum atomic E-state index is 10.3. The van der Waals surface area contributed by atoms with E-state index in [1.807, 2.05) is 0 Å². The van der Waals surface area contributed by atoms with Crippen molar-refractivity contribution < 1.29 is 5.11 Å². The SMILES string of the molecule is CCCC1CCC(O)C(CN(C)CC2CCCCC2)C1. The van der Waals surface area contributed by atoms with Crippen molar-refractivity contribution in [3.63, 3.8) is 0 Å². The zero-order valence-electron chi connectivity index (χ0n) is 13.7. The van der Waals surface area contributed by atoms with E-state index in [-0.39, 0.29) is 6.10 Å². The molecule has 2 rings (SSSR count). The van der Waals surface area contributed by atoms with Crippen LogP contribution < -0.4 is 0 Å². The number of rotatable bonds is 6. The second-order valence-electron chi connectivity index (χ2n) is 7.52. The third kappa shape index (κ3) is 5.04. The first-order chi connectivity index (χ1) is 9.69. The van der Waals surface area contributed by atoms with Gasteiger partial charge in [-0.2, -0.15) is 0 Å². The van der Waals surface area contributed by atoms with Gasteiger partial charge in [0.1, 0.15) is 0 Å². The number of hydrogen-bond donors (Lipinski definition) is 1. The Morgan fingerprint density at radius 1 is 0.950 bits per heavy atom. The average Bonchev–Trinajstić information content (AvgIpc) is 2.44. The van der Waals surface area contributed by atoms with Crippen LogP contribution in [0.1, 0.15) is 71.1 Å². The van der Waals surface area contributed by atoms with E-state index >= 15 is 0 Å². The molecule has 0 spiro atoms. The van der Waals surface area contributed by atoms with Gasteiger partial charge in [0, 0.05) is 13.1 Å². The summed E-state index contributed by atoms with van der Waals surface area (Å²) in [5.74, 6) is 2.31. The quantitative estimate of drug-likeness (QED) is 0.793. The fraction of sp³-hybridized carbons (Fsp3) is 1.00. The van der Waals surface area contributed by atoms with Gasteiger partial charge in [-0.05, 0) is 56.9 Å². The predicted molar refractivity (Wildman–Crippen MR) is 85.8 cm³/mol. The highest BCUT2D eigenvalue weighted by Crippen LogP contribution is 2.33. The molecule has 0 radical (unpaired) electrons. The summed E-state index contributed by atoms with van der Waals surface area (Å²) in [5, 5.41) is 10.3. The van der Waals surface area contributed by atoms with Crippen LogP contribution in [0.25, 0.3) is 0 Å². The highest BCUT2D eigenvalue weighted by Gasteiger charge is 2.29. The Kier molecular flexibility index (Phi) is 6.83. The normalized spacial score (nSPS) is 32.7. The molecule has 0 aromatic rings. The van der Waals surface area contributed by atoms with E-state index < -0.39 is 0 Å². The summed E-state index contributed by atoms with van der Waals surface area (Å²) in [6, 6.07) is 0. The fourth-order valence-corrected chi connectivity index (χ4v) is 4.50. The monoisotopic (exact) mass is 281 g/mol. The van der Waals surface area contributed by atoms with Crippen LogP contribution in [0.2, 0.25) is 0 Å². The summed E-state index contributed by atoms with van der Waals surface area (Å²) in [4.78, 5) is 2.51. The molecule has 2 saturated carbocycles. The minimum Gasteiger partial charge on any atom is -0.393 e. The molecule has 2 aliphatic rings. The number of nitrogens with zero attached hydrogens (tertiary/aromatic N) is 1. The summed E-state index contributed by atoms with van der Waals surface area (Å²) in [6.07, 6.45) is 13.3. The molecule has 2 nitrogen and oxygen atoms in total. The lowest BCUT2D eigenvalue weighted by Crippen LogP contribution is -2.39.